The van der Waals surface area contributed by atoms with Crippen LogP contribution in [-0.2, 0) is 6.42 Å². The number of nitrogens with zero attached hydrogens (tertiary/aromatic N) is 3. The summed E-state index contributed by atoms with van der Waals surface area (Å²) in [6.07, 6.45) is 1.90. The molecule has 0 aliphatic rings. The first kappa shape index (κ1) is 16.7. The Kier molecular flexibility index (Phi) is 4.53. The molecule has 8 heteroatoms. The Morgan fingerprint density at radius 3 is 2.76 bits per heavy atom. The van der Waals surface area contributed by atoms with Gasteiger partial charge in [0.15, 0.2) is 5.69 Å². The molecule has 3 aromatic rings. The van der Waals surface area contributed by atoms with Gasteiger partial charge in [0.2, 0.25) is 5.88 Å². The summed E-state index contributed by atoms with van der Waals surface area (Å²) < 4.78 is 19.9. The van der Waals surface area contributed by atoms with Crippen LogP contribution in [0.3, 0.4) is 0 Å². The monoisotopic (exact) mass is 341 g/mol. The van der Waals surface area contributed by atoms with Gasteiger partial charge in [0.25, 0.3) is 5.91 Å². The fourth-order valence-corrected chi connectivity index (χ4v) is 2.80. The zero-order valence-corrected chi connectivity index (χ0v) is 13.5. The van der Waals surface area contributed by atoms with E-state index >= 15 is 0 Å². The lowest BCUT2D eigenvalue weighted by molar-refractivity contribution is 0.0994. The van der Waals surface area contributed by atoms with Crippen LogP contribution in [0.4, 0.5) is 4.39 Å². The van der Waals surface area contributed by atoms with Crippen LogP contribution < -0.4 is 16.2 Å². The number of hydrogen-bond donors (Lipinski definition) is 2. The highest BCUT2D eigenvalue weighted by molar-refractivity contribution is 6.01. The average Bonchev–Trinajstić information content (AvgIpc) is 2.61. The fraction of sp³-hybridized carbons (Fsp3) is 0.176. The van der Waals surface area contributed by atoms with Crippen molar-refractivity contribution in [2.75, 3.05) is 13.7 Å². The number of nitrogens with two attached hydrogens (primary N) is 2. The van der Waals surface area contributed by atoms with Crippen molar-refractivity contribution in [3.63, 3.8) is 0 Å². The molecule has 128 valence electrons. The van der Waals surface area contributed by atoms with Gasteiger partial charge in [0, 0.05) is 17.1 Å². The molecule has 0 aliphatic heterocycles. The van der Waals surface area contributed by atoms with Gasteiger partial charge in [-0.1, -0.05) is 0 Å². The highest BCUT2D eigenvalue weighted by Crippen LogP contribution is 2.36. The first-order valence-electron chi connectivity index (χ1n) is 7.55. The van der Waals surface area contributed by atoms with Gasteiger partial charge in [-0.15, -0.1) is 10.2 Å². The van der Waals surface area contributed by atoms with E-state index in [1.54, 1.807) is 24.4 Å². The Morgan fingerprint density at radius 2 is 2.08 bits per heavy atom. The molecular weight excluding hydrogens is 325 g/mol. The summed E-state index contributed by atoms with van der Waals surface area (Å²) in [5.41, 5.74) is 12.5. The van der Waals surface area contributed by atoms with Crippen LogP contribution in [0.25, 0.3) is 22.0 Å². The summed E-state index contributed by atoms with van der Waals surface area (Å²) >= 11 is 0. The number of carbonyl (C=O) groups excluding carboxylic acids is 1. The molecular formula is C17H16FN5O2. The first-order chi connectivity index (χ1) is 12.1. The summed E-state index contributed by atoms with van der Waals surface area (Å²) in [5.74, 6) is -0.948. The molecule has 0 atom stereocenters. The molecule has 0 unspecified atom stereocenters. The van der Waals surface area contributed by atoms with Crippen LogP contribution >= 0.6 is 0 Å². The van der Waals surface area contributed by atoms with Gasteiger partial charge in [0.1, 0.15) is 11.3 Å². The van der Waals surface area contributed by atoms with Crippen molar-refractivity contribution in [2.45, 2.75) is 6.42 Å². The van der Waals surface area contributed by atoms with Crippen molar-refractivity contribution in [3.05, 3.63) is 47.5 Å². The summed E-state index contributed by atoms with van der Waals surface area (Å²) in [4.78, 5) is 15.7. The van der Waals surface area contributed by atoms with Gasteiger partial charge >= 0.3 is 0 Å². The van der Waals surface area contributed by atoms with E-state index in [4.69, 9.17) is 16.2 Å². The van der Waals surface area contributed by atoms with Gasteiger partial charge < -0.3 is 16.2 Å². The van der Waals surface area contributed by atoms with Gasteiger partial charge in [-0.3, -0.25) is 4.79 Å². The number of amides is 1. The SMILES string of the molecule is COc1ncccc1-c1c(F)ccc2c(CCN)c(C(N)=O)nnc12. The number of rotatable bonds is 5. The highest BCUT2D eigenvalue weighted by Gasteiger charge is 2.21. The lowest BCUT2D eigenvalue weighted by Crippen LogP contribution is -2.19. The quantitative estimate of drug-likeness (QED) is 0.725. The Morgan fingerprint density at radius 1 is 1.28 bits per heavy atom. The average molecular weight is 341 g/mol. The van der Waals surface area contributed by atoms with Crippen LogP contribution in [0.5, 0.6) is 5.88 Å². The van der Waals surface area contributed by atoms with Crippen LogP contribution in [-0.4, -0.2) is 34.7 Å². The number of halogens is 1. The zero-order valence-electron chi connectivity index (χ0n) is 13.5. The summed E-state index contributed by atoms with van der Waals surface area (Å²) in [5, 5.41) is 8.51. The van der Waals surface area contributed by atoms with E-state index in [9.17, 15) is 9.18 Å². The lowest BCUT2D eigenvalue weighted by Gasteiger charge is -2.13. The number of aromatic nitrogens is 3. The minimum atomic E-state index is -0.706. The second-order valence-corrected chi connectivity index (χ2v) is 5.31. The minimum absolute atomic E-state index is 0.0358. The van der Waals surface area contributed by atoms with E-state index in [-0.39, 0.29) is 23.7 Å². The first-order valence-corrected chi connectivity index (χ1v) is 7.55. The third-order valence-electron chi connectivity index (χ3n) is 3.85. The van der Waals surface area contributed by atoms with Crippen LogP contribution in [0.1, 0.15) is 16.1 Å². The van der Waals surface area contributed by atoms with E-state index in [1.807, 2.05) is 0 Å². The van der Waals surface area contributed by atoms with Crippen molar-refractivity contribution in [2.24, 2.45) is 11.5 Å². The molecule has 0 radical (unpaired) electrons. The zero-order chi connectivity index (χ0) is 18.0. The van der Waals surface area contributed by atoms with Crippen LogP contribution in [0.15, 0.2) is 30.5 Å². The van der Waals surface area contributed by atoms with Gasteiger partial charge in [-0.25, -0.2) is 9.37 Å². The number of carbonyl (C=O) groups is 1. The maximum Gasteiger partial charge on any atom is 0.269 e. The Hall–Kier alpha value is -3.13. The fourth-order valence-electron chi connectivity index (χ4n) is 2.80. The Balaban J connectivity index is 2.39. The topological polar surface area (TPSA) is 117 Å². The molecule has 2 heterocycles. The van der Waals surface area contributed by atoms with Crippen LogP contribution in [0, 0.1) is 5.82 Å². The normalized spacial score (nSPS) is 10.8. The van der Waals surface area contributed by atoms with E-state index in [0.717, 1.165) is 0 Å². The summed E-state index contributed by atoms with van der Waals surface area (Å²) in [6, 6.07) is 6.19. The van der Waals surface area contributed by atoms with E-state index in [2.05, 4.69) is 15.2 Å². The van der Waals surface area contributed by atoms with Crippen molar-refractivity contribution >= 4 is 16.8 Å². The van der Waals surface area contributed by atoms with Crippen molar-refractivity contribution in [3.8, 4) is 17.0 Å². The second kappa shape index (κ2) is 6.78. The Labute approximate surface area is 142 Å². The molecule has 0 saturated carbocycles. The smallest absolute Gasteiger partial charge is 0.269 e. The molecule has 7 nitrogen and oxygen atoms in total. The predicted octanol–water partition coefficient (Wildman–Crippen LogP) is 1.44. The third-order valence-corrected chi connectivity index (χ3v) is 3.85. The largest absolute Gasteiger partial charge is 0.481 e. The van der Waals surface area contributed by atoms with Crippen LogP contribution in [0.2, 0.25) is 0 Å². The number of methoxy groups -OCH3 is 1. The second-order valence-electron chi connectivity index (χ2n) is 5.31. The molecule has 2 aromatic heterocycles. The summed E-state index contributed by atoms with van der Waals surface area (Å²) in [6.45, 7) is 0.282. The molecule has 1 amide bonds. The van der Waals surface area contributed by atoms with Gasteiger partial charge in [0.05, 0.1) is 12.7 Å². The van der Waals surface area contributed by atoms with E-state index < -0.39 is 11.7 Å². The maximum atomic E-state index is 14.6. The standard InChI is InChI=1S/C17H16FN5O2/c1-25-17-11(3-2-8-21-17)13-12(18)5-4-9-10(6-7-19)15(16(20)24)23-22-14(9)13/h2-5,8H,6-7,19H2,1H3,(H2,20,24). The summed E-state index contributed by atoms with van der Waals surface area (Å²) in [7, 11) is 1.45. The van der Waals surface area contributed by atoms with E-state index in [1.165, 1.54) is 13.2 Å². The number of primary amides is 1. The number of benzene rings is 1. The number of pyridine rings is 1. The molecule has 3 rings (SSSR count). The molecule has 25 heavy (non-hydrogen) atoms. The number of ether oxygens (including phenoxy) is 1. The predicted molar refractivity (Wildman–Crippen MR) is 90.6 cm³/mol. The molecule has 1 aromatic carbocycles. The van der Waals surface area contributed by atoms with Gasteiger partial charge in [-0.2, -0.15) is 0 Å². The molecule has 0 aliphatic carbocycles. The van der Waals surface area contributed by atoms with E-state index in [0.29, 0.717) is 28.5 Å². The maximum absolute atomic E-state index is 14.6. The molecule has 0 saturated heterocycles. The molecule has 4 N–H and O–H groups in total. The molecule has 0 spiro atoms. The molecule has 0 bridgehead atoms. The number of fused-ring (bicyclic) bond motifs is 1. The molecule has 0 fully saturated rings. The number of hydrogen-bond acceptors (Lipinski definition) is 6. The van der Waals surface area contributed by atoms with Crippen molar-refractivity contribution in [1.82, 2.24) is 15.2 Å². The third kappa shape index (κ3) is 2.87. The van der Waals surface area contributed by atoms with Gasteiger partial charge in [-0.05, 0) is 42.8 Å². The van der Waals surface area contributed by atoms with Crippen molar-refractivity contribution in [1.29, 1.82) is 0 Å². The van der Waals surface area contributed by atoms with Crippen molar-refractivity contribution < 1.29 is 13.9 Å². The lowest BCUT2D eigenvalue weighted by atomic mass is 9.97. The highest BCUT2D eigenvalue weighted by atomic mass is 19.1. The Bertz CT molecular complexity index is 961. The minimum Gasteiger partial charge on any atom is -0.481 e.